The lowest BCUT2D eigenvalue weighted by atomic mass is 10.1. The van der Waals surface area contributed by atoms with Crippen molar-refractivity contribution in [2.24, 2.45) is 0 Å². The van der Waals surface area contributed by atoms with Crippen molar-refractivity contribution in [2.45, 2.75) is 44.9 Å². The Morgan fingerprint density at radius 1 is 0.692 bits per heavy atom. The first kappa shape index (κ1) is 12.0. The maximum atomic E-state index is 3.53. The Labute approximate surface area is 82.4 Å². The number of allylic oxidation sites excluding steroid dienone is 2. The van der Waals surface area contributed by atoms with Gasteiger partial charge < -0.3 is 0 Å². The van der Waals surface area contributed by atoms with E-state index in [0.29, 0.717) is 0 Å². The van der Waals surface area contributed by atoms with Crippen LogP contribution in [0.1, 0.15) is 44.9 Å². The van der Waals surface area contributed by atoms with Gasteiger partial charge in [-0.1, -0.05) is 32.4 Å². The van der Waals surface area contributed by atoms with Gasteiger partial charge in [-0.2, -0.15) is 0 Å². The van der Waals surface area contributed by atoms with E-state index < -0.39 is 0 Å². The summed E-state index contributed by atoms with van der Waals surface area (Å²) in [6.07, 6.45) is 12.9. The normalized spacial score (nSPS) is 8.62. The van der Waals surface area contributed by atoms with Gasteiger partial charge in [0.25, 0.3) is 0 Å². The highest BCUT2D eigenvalue weighted by Gasteiger charge is 1.87. The lowest BCUT2D eigenvalue weighted by Crippen LogP contribution is -1.77. The molecule has 0 bridgehead atoms. The molecule has 0 aliphatic carbocycles. The van der Waals surface area contributed by atoms with Crippen LogP contribution in [0.15, 0.2) is 36.8 Å². The zero-order valence-electron chi connectivity index (χ0n) is 8.52. The molecule has 0 aromatic heterocycles. The molecule has 0 rings (SSSR count). The Morgan fingerprint density at radius 3 is 1.46 bits per heavy atom. The highest BCUT2D eigenvalue weighted by Crippen LogP contribution is 2.07. The van der Waals surface area contributed by atoms with Crippen molar-refractivity contribution < 1.29 is 0 Å². The monoisotopic (exact) mass is 176 g/mol. The summed E-state index contributed by atoms with van der Waals surface area (Å²) in [4.78, 5) is 0. The first-order chi connectivity index (χ1) is 6.41. The number of hydrogen-bond donors (Lipinski definition) is 0. The summed E-state index contributed by atoms with van der Waals surface area (Å²) in [5.41, 5.74) is 5.58. The van der Waals surface area contributed by atoms with E-state index in [-0.39, 0.29) is 0 Å². The Balaban J connectivity index is 2.99. The summed E-state index contributed by atoms with van der Waals surface area (Å²) >= 11 is 0. The molecular weight excluding hydrogens is 156 g/mol. The second-order valence-electron chi connectivity index (χ2n) is 3.16. The van der Waals surface area contributed by atoms with Crippen LogP contribution in [-0.4, -0.2) is 0 Å². The van der Waals surface area contributed by atoms with Crippen LogP contribution >= 0.6 is 0 Å². The zero-order valence-corrected chi connectivity index (χ0v) is 8.52. The van der Waals surface area contributed by atoms with E-state index in [1.54, 1.807) is 0 Å². The topological polar surface area (TPSA) is 0 Å². The summed E-state index contributed by atoms with van der Waals surface area (Å²) in [6.45, 7) is 7.06. The van der Waals surface area contributed by atoms with Gasteiger partial charge >= 0.3 is 0 Å². The molecule has 0 heterocycles. The van der Waals surface area contributed by atoms with Crippen molar-refractivity contribution >= 4 is 0 Å². The average Bonchev–Trinajstić information content (AvgIpc) is 2.16. The Hall–Kier alpha value is -0.960. The van der Waals surface area contributed by atoms with Gasteiger partial charge in [0.15, 0.2) is 0 Å². The highest BCUT2D eigenvalue weighted by molar-refractivity contribution is 4.76. The molecule has 0 aliphatic heterocycles. The highest BCUT2D eigenvalue weighted by atomic mass is 13.9. The molecule has 13 heavy (non-hydrogen) atoms. The third-order valence-corrected chi connectivity index (χ3v) is 1.99. The standard InChI is InChI=1S/C13H20/c1-3-5-7-9-11-13-12-10-8-6-4-2/h5-6H,1-2,7-13H2. The molecule has 0 N–H and O–H groups in total. The van der Waals surface area contributed by atoms with Crippen LogP contribution in [0.4, 0.5) is 0 Å². The van der Waals surface area contributed by atoms with E-state index in [9.17, 15) is 0 Å². The predicted octanol–water partition coefficient (Wildman–Crippen LogP) is 4.40. The van der Waals surface area contributed by atoms with Crippen molar-refractivity contribution in [1.29, 1.82) is 0 Å². The summed E-state index contributed by atoms with van der Waals surface area (Å²) in [7, 11) is 0. The Bertz CT molecular complexity index is 166. The maximum Gasteiger partial charge on any atom is -0.0275 e. The minimum atomic E-state index is 1.13. The van der Waals surface area contributed by atoms with Gasteiger partial charge in [0.05, 0.1) is 0 Å². The van der Waals surface area contributed by atoms with E-state index in [2.05, 4.69) is 24.6 Å². The lowest BCUT2D eigenvalue weighted by molar-refractivity contribution is 0.622. The SMILES string of the molecule is C=C=CCCCCCCCC=C=C. The van der Waals surface area contributed by atoms with Gasteiger partial charge in [-0.15, -0.1) is 11.5 Å². The fraction of sp³-hybridized carbons (Fsp3) is 0.538. The third kappa shape index (κ3) is 11.0. The van der Waals surface area contributed by atoms with Crippen LogP contribution in [0.3, 0.4) is 0 Å². The zero-order chi connectivity index (χ0) is 9.78. The first-order valence-corrected chi connectivity index (χ1v) is 5.10. The smallest absolute Gasteiger partial charge is 0.0275 e. The fourth-order valence-electron chi connectivity index (χ4n) is 1.23. The lowest BCUT2D eigenvalue weighted by Gasteiger charge is -1.96. The molecule has 0 saturated heterocycles. The molecule has 0 heteroatoms. The van der Waals surface area contributed by atoms with E-state index in [0.717, 1.165) is 12.8 Å². The first-order valence-electron chi connectivity index (χ1n) is 5.10. The molecule has 0 aliphatic rings. The molecule has 0 radical (unpaired) electrons. The van der Waals surface area contributed by atoms with Crippen LogP contribution < -0.4 is 0 Å². The summed E-state index contributed by atoms with van der Waals surface area (Å²) in [6, 6.07) is 0. The van der Waals surface area contributed by atoms with Crippen LogP contribution in [0.25, 0.3) is 0 Å². The molecule has 0 saturated carbocycles. The predicted molar refractivity (Wildman–Crippen MR) is 59.7 cm³/mol. The number of unbranched alkanes of at least 4 members (excludes halogenated alkanes) is 6. The third-order valence-electron chi connectivity index (χ3n) is 1.99. The van der Waals surface area contributed by atoms with Crippen molar-refractivity contribution in [3.8, 4) is 0 Å². The van der Waals surface area contributed by atoms with Crippen molar-refractivity contribution in [1.82, 2.24) is 0 Å². The van der Waals surface area contributed by atoms with Crippen molar-refractivity contribution in [3.05, 3.63) is 36.8 Å². The quantitative estimate of drug-likeness (QED) is 0.380. The summed E-state index contributed by atoms with van der Waals surface area (Å²) < 4.78 is 0. The van der Waals surface area contributed by atoms with Gasteiger partial charge in [-0.25, -0.2) is 0 Å². The number of hydrogen-bond acceptors (Lipinski definition) is 0. The van der Waals surface area contributed by atoms with Gasteiger partial charge in [0.2, 0.25) is 0 Å². The van der Waals surface area contributed by atoms with E-state index >= 15 is 0 Å². The van der Waals surface area contributed by atoms with Crippen LogP contribution in [-0.2, 0) is 0 Å². The van der Waals surface area contributed by atoms with Crippen molar-refractivity contribution in [2.75, 3.05) is 0 Å². The van der Waals surface area contributed by atoms with Gasteiger partial charge in [-0.3, -0.25) is 0 Å². The largest absolute Gasteiger partial charge is 0.133 e. The molecule has 0 atom stereocenters. The van der Waals surface area contributed by atoms with Crippen molar-refractivity contribution in [3.63, 3.8) is 0 Å². The molecule has 0 aromatic carbocycles. The maximum absolute atomic E-state index is 3.53. The Kier molecular flexibility index (Phi) is 10.2. The minimum absolute atomic E-state index is 1.13. The molecule has 0 unspecified atom stereocenters. The Morgan fingerprint density at radius 2 is 1.08 bits per heavy atom. The number of rotatable bonds is 8. The van der Waals surface area contributed by atoms with Gasteiger partial charge in [0.1, 0.15) is 0 Å². The van der Waals surface area contributed by atoms with Gasteiger partial charge in [-0.05, 0) is 37.8 Å². The molecule has 0 fully saturated rings. The molecule has 0 spiro atoms. The average molecular weight is 176 g/mol. The summed E-state index contributed by atoms with van der Waals surface area (Å²) in [5, 5.41) is 0. The van der Waals surface area contributed by atoms with Crippen LogP contribution in [0, 0.1) is 0 Å². The molecule has 0 amide bonds. The molecular formula is C13H20. The van der Waals surface area contributed by atoms with E-state index in [1.165, 1.54) is 32.1 Å². The van der Waals surface area contributed by atoms with E-state index in [1.807, 2.05) is 12.2 Å². The molecule has 0 nitrogen and oxygen atoms in total. The fourth-order valence-corrected chi connectivity index (χ4v) is 1.23. The molecule has 0 aromatic rings. The minimum Gasteiger partial charge on any atom is -0.133 e. The molecule has 72 valence electrons. The van der Waals surface area contributed by atoms with Gasteiger partial charge in [0, 0.05) is 0 Å². The second-order valence-corrected chi connectivity index (χ2v) is 3.16. The van der Waals surface area contributed by atoms with Crippen LogP contribution in [0.2, 0.25) is 0 Å². The van der Waals surface area contributed by atoms with E-state index in [4.69, 9.17) is 0 Å². The second kappa shape index (κ2) is 11.0. The van der Waals surface area contributed by atoms with Crippen LogP contribution in [0.5, 0.6) is 0 Å². The summed E-state index contributed by atoms with van der Waals surface area (Å²) in [5.74, 6) is 0.